The fourth-order valence-electron chi connectivity index (χ4n) is 3.24. The van der Waals surface area contributed by atoms with Crippen molar-refractivity contribution in [1.82, 2.24) is 10.2 Å². The van der Waals surface area contributed by atoms with E-state index in [0.29, 0.717) is 0 Å². The zero-order chi connectivity index (χ0) is 13.0. The number of rotatable bonds is 4. The molecule has 18 heavy (non-hydrogen) atoms. The number of methoxy groups -OCH3 is 1. The molecule has 104 valence electrons. The Balaban J connectivity index is 1.90. The highest BCUT2D eigenvalue weighted by molar-refractivity contribution is 5.67. The summed E-state index contributed by atoms with van der Waals surface area (Å²) in [5.74, 6) is 0.728. The van der Waals surface area contributed by atoms with Crippen LogP contribution < -0.4 is 5.32 Å². The van der Waals surface area contributed by atoms with E-state index < -0.39 is 0 Å². The fraction of sp³-hybridized carbons (Fsp3) is 0.929. The molecular formula is C14H26N2O2. The monoisotopic (exact) mass is 254 g/mol. The first-order valence-corrected chi connectivity index (χ1v) is 7.31. The second-order valence-electron chi connectivity index (χ2n) is 5.76. The summed E-state index contributed by atoms with van der Waals surface area (Å²) in [6.45, 7) is 4.46. The Kier molecular flexibility index (Phi) is 4.87. The highest BCUT2D eigenvalue weighted by Gasteiger charge is 2.33. The van der Waals surface area contributed by atoms with Crippen molar-refractivity contribution in [2.45, 2.75) is 57.5 Å². The summed E-state index contributed by atoms with van der Waals surface area (Å²) in [4.78, 5) is 13.9. The van der Waals surface area contributed by atoms with Crippen LogP contribution in [0.3, 0.4) is 0 Å². The first-order valence-electron chi connectivity index (χ1n) is 7.31. The number of piperidine rings is 1. The third-order valence-corrected chi connectivity index (χ3v) is 4.36. The number of carbonyl (C=O) groups excluding carboxylic acids is 1. The molecule has 1 saturated carbocycles. The van der Waals surface area contributed by atoms with Gasteiger partial charge in [0, 0.05) is 25.2 Å². The maximum absolute atomic E-state index is 11.4. The van der Waals surface area contributed by atoms with Gasteiger partial charge >= 0.3 is 6.09 Å². The van der Waals surface area contributed by atoms with Crippen LogP contribution in [0.15, 0.2) is 0 Å². The Labute approximate surface area is 110 Å². The zero-order valence-corrected chi connectivity index (χ0v) is 11.7. The van der Waals surface area contributed by atoms with Gasteiger partial charge in [0.2, 0.25) is 0 Å². The van der Waals surface area contributed by atoms with E-state index >= 15 is 0 Å². The number of hydrogen-bond acceptors (Lipinski definition) is 3. The second-order valence-corrected chi connectivity index (χ2v) is 5.76. The summed E-state index contributed by atoms with van der Waals surface area (Å²) in [6.07, 6.45) is 7.36. The molecule has 4 heteroatoms. The molecule has 2 unspecified atom stereocenters. The van der Waals surface area contributed by atoms with E-state index in [1.54, 1.807) is 0 Å². The van der Waals surface area contributed by atoms with Gasteiger partial charge in [-0.15, -0.1) is 0 Å². The van der Waals surface area contributed by atoms with Gasteiger partial charge < -0.3 is 10.1 Å². The molecule has 1 aliphatic carbocycles. The second kappa shape index (κ2) is 6.41. The molecule has 0 aromatic rings. The third kappa shape index (κ3) is 3.37. The Bertz CT molecular complexity index is 279. The van der Waals surface area contributed by atoms with Crippen LogP contribution in [0, 0.1) is 5.92 Å². The van der Waals surface area contributed by atoms with Crippen molar-refractivity contribution in [3.63, 3.8) is 0 Å². The van der Waals surface area contributed by atoms with E-state index in [1.165, 1.54) is 45.8 Å². The number of ether oxygens (including phenoxy) is 1. The van der Waals surface area contributed by atoms with Crippen LogP contribution in [-0.2, 0) is 4.74 Å². The lowest BCUT2D eigenvalue weighted by Gasteiger charge is -2.45. The van der Waals surface area contributed by atoms with Gasteiger partial charge in [-0.1, -0.05) is 19.8 Å². The molecule has 0 radical (unpaired) electrons. The van der Waals surface area contributed by atoms with Gasteiger partial charge in [-0.2, -0.15) is 0 Å². The molecule has 2 fully saturated rings. The molecule has 2 rings (SSSR count). The summed E-state index contributed by atoms with van der Waals surface area (Å²) in [6, 6.07) is 1.04. The Morgan fingerprint density at radius 3 is 2.72 bits per heavy atom. The smallest absolute Gasteiger partial charge is 0.407 e. The summed E-state index contributed by atoms with van der Waals surface area (Å²) in [5, 5.41) is 2.99. The van der Waals surface area contributed by atoms with Crippen LogP contribution in [0.2, 0.25) is 0 Å². The van der Waals surface area contributed by atoms with Crippen LogP contribution in [0.1, 0.15) is 45.4 Å². The number of nitrogens with one attached hydrogen (secondary N) is 1. The first-order chi connectivity index (χ1) is 8.72. The highest BCUT2D eigenvalue weighted by Crippen LogP contribution is 2.30. The Morgan fingerprint density at radius 1 is 1.39 bits per heavy atom. The first kappa shape index (κ1) is 13.7. The van der Waals surface area contributed by atoms with Crippen molar-refractivity contribution in [3.8, 4) is 0 Å². The lowest BCUT2D eigenvalue weighted by molar-refractivity contribution is 0.0548. The Morgan fingerprint density at radius 2 is 2.17 bits per heavy atom. The molecule has 1 heterocycles. The van der Waals surface area contributed by atoms with E-state index in [0.717, 1.165) is 24.9 Å². The van der Waals surface area contributed by atoms with Gasteiger partial charge in [0.25, 0.3) is 0 Å². The number of amides is 1. The van der Waals surface area contributed by atoms with Crippen LogP contribution in [0.4, 0.5) is 4.79 Å². The summed E-state index contributed by atoms with van der Waals surface area (Å²) in [5.41, 5.74) is 0. The van der Waals surface area contributed by atoms with Gasteiger partial charge in [0.05, 0.1) is 7.11 Å². The molecule has 0 aromatic heterocycles. The minimum Gasteiger partial charge on any atom is -0.453 e. The minimum atomic E-state index is -0.286. The maximum atomic E-state index is 11.4. The van der Waals surface area contributed by atoms with E-state index in [2.05, 4.69) is 17.1 Å². The average Bonchev–Trinajstić information content (AvgIpc) is 2.26. The van der Waals surface area contributed by atoms with E-state index in [9.17, 15) is 4.79 Å². The number of carbonyl (C=O) groups is 1. The topological polar surface area (TPSA) is 41.6 Å². The molecule has 2 aliphatic rings. The molecule has 1 N–H and O–H groups in total. The van der Waals surface area contributed by atoms with Gasteiger partial charge in [-0.05, 0) is 31.6 Å². The molecule has 1 aliphatic heterocycles. The molecule has 0 spiro atoms. The van der Waals surface area contributed by atoms with Crippen molar-refractivity contribution < 1.29 is 9.53 Å². The van der Waals surface area contributed by atoms with Crippen LogP contribution in [0.5, 0.6) is 0 Å². The van der Waals surface area contributed by atoms with Gasteiger partial charge in [0.1, 0.15) is 0 Å². The van der Waals surface area contributed by atoms with E-state index in [1.807, 2.05) is 0 Å². The third-order valence-electron chi connectivity index (χ3n) is 4.36. The zero-order valence-electron chi connectivity index (χ0n) is 11.7. The number of alkyl carbamates (subject to hydrolysis) is 1. The molecule has 0 bridgehead atoms. The normalized spacial score (nSPS) is 29.7. The number of nitrogens with zero attached hydrogens (tertiary/aromatic N) is 1. The largest absolute Gasteiger partial charge is 0.453 e. The number of likely N-dealkylation sites (tertiary alicyclic amines) is 1. The summed E-state index contributed by atoms with van der Waals surface area (Å²) >= 11 is 0. The molecule has 4 nitrogen and oxygen atoms in total. The van der Waals surface area contributed by atoms with Crippen molar-refractivity contribution >= 4 is 6.09 Å². The van der Waals surface area contributed by atoms with Gasteiger partial charge in [-0.3, -0.25) is 4.90 Å². The quantitative estimate of drug-likeness (QED) is 0.837. The van der Waals surface area contributed by atoms with Crippen molar-refractivity contribution in [1.29, 1.82) is 0 Å². The predicted molar refractivity (Wildman–Crippen MR) is 71.6 cm³/mol. The van der Waals surface area contributed by atoms with Gasteiger partial charge in [0.15, 0.2) is 0 Å². The minimum absolute atomic E-state index is 0.267. The average molecular weight is 254 g/mol. The van der Waals surface area contributed by atoms with Crippen LogP contribution in [-0.4, -0.2) is 43.3 Å². The standard InChI is InChI=1S/C14H26N2O2/c1-3-5-11-8-12(15-14(17)18-2)10-16(9-11)13-6-4-7-13/h11-13H,3-10H2,1-2H3,(H,15,17). The Hall–Kier alpha value is -0.770. The van der Waals surface area contributed by atoms with E-state index in [4.69, 9.17) is 4.74 Å². The van der Waals surface area contributed by atoms with Crippen molar-refractivity contribution in [2.75, 3.05) is 20.2 Å². The molecule has 1 saturated heterocycles. The molecule has 2 atom stereocenters. The lowest BCUT2D eigenvalue weighted by atomic mass is 9.85. The van der Waals surface area contributed by atoms with Gasteiger partial charge in [-0.25, -0.2) is 4.79 Å². The molecular weight excluding hydrogens is 228 g/mol. The molecule has 1 amide bonds. The summed E-state index contributed by atoms with van der Waals surface area (Å²) < 4.78 is 4.72. The van der Waals surface area contributed by atoms with Crippen LogP contribution >= 0.6 is 0 Å². The lowest BCUT2D eigenvalue weighted by Crippen LogP contribution is -2.55. The maximum Gasteiger partial charge on any atom is 0.407 e. The van der Waals surface area contributed by atoms with Crippen LogP contribution in [0.25, 0.3) is 0 Å². The molecule has 0 aromatic carbocycles. The van der Waals surface area contributed by atoms with E-state index in [-0.39, 0.29) is 12.1 Å². The SMILES string of the molecule is CCCC1CC(NC(=O)OC)CN(C2CCC2)C1. The predicted octanol–water partition coefficient (Wildman–Crippen LogP) is 2.39. The summed E-state index contributed by atoms with van der Waals surface area (Å²) in [7, 11) is 1.44. The van der Waals surface area contributed by atoms with Crippen molar-refractivity contribution in [3.05, 3.63) is 0 Å². The number of hydrogen-bond donors (Lipinski definition) is 1. The van der Waals surface area contributed by atoms with Crippen molar-refractivity contribution in [2.24, 2.45) is 5.92 Å². The fourth-order valence-corrected chi connectivity index (χ4v) is 3.24. The highest BCUT2D eigenvalue weighted by atomic mass is 16.5.